The topological polar surface area (TPSA) is 57.6 Å². The van der Waals surface area contributed by atoms with Crippen LogP contribution in [0.1, 0.15) is 45.4 Å². The molecule has 4 atom stereocenters. The summed E-state index contributed by atoms with van der Waals surface area (Å²) in [7, 11) is 0. The number of rotatable bonds is 3. The minimum atomic E-state index is -0.234. The molecule has 4 nitrogen and oxygen atoms in total. The van der Waals surface area contributed by atoms with Gasteiger partial charge in [-0.05, 0) is 43.9 Å². The lowest BCUT2D eigenvalue weighted by atomic mass is 10.00. The van der Waals surface area contributed by atoms with Gasteiger partial charge in [0, 0.05) is 6.54 Å². The van der Waals surface area contributed by atoms with Gasteiger partial charge >= 0.3 is 0 Å². The molecule has 19 heavy (non-hydrogen) atoms. The van der Waals surface area contributed by atoms with E-state index >= 15 is 0 Å². The number of aliphatic hydroxyl groups excluding tert-OH is 1. The molecule has 1 heterocycles. The third kappa shape index (κ3) is 2.20. The van der Waals surface area contributed by atoms with E-state index in [1.165, 1.54) is 4.90 Å². The maximum atomic E-state index is 12.4. The van der Waals surface area contributed by atoms with Crippen LogP contribution in [-0.4, -0.2) is 34.5 Å². The average Bonchev–Trinajstić information content (AvgIpc) is 3.04. The molecule has 0 radical (unpaired) electrons. The van der Waals surface area contributed by atoms with Gasteiger partial charge < -0.3 is 5.11 Å². The lowest BCUT2D eigenvalue weighted by molar-refractivity contribution is -0.141. The van der Waals surface area contributed by atoms with Gasteiger partial charge in [0.2, 0.25) is 11.8 Å². The Morgan fingerprint density at radius 2 is 1.68 bits per heavy atom. The molecule has 1 saturated heterocycles. The van der Waals surface area contributed by atoms with Crippen LogP contribution in [0.5, 0.6) is 0 Å². The molecular weight excluding hydrogens is 242 g/mol. The van der Waals surface area contributed by atoms with Crippen LogP contribution >= 0.6 is 0 Å². The molecule has 3 rings (SSSR count). The molecule has 0 bridgehead atoms. The molecule has 0 spiro atoms. The highest BCUT2D eigenvalue weighted by atomic mass is 16.3. The molecule has 2 amide bonds. The van der Waals surface area contributed by atoms with Gasteiger partial charge in [-0.3, -0.25) is 14.5 Å². The van der Waals surface area contributed by atoms with E-state index in [-0.39, 0.29) is 29.8 Å². The summed E-state index contributed by atoms with van der Waals surface area (Å²) in [6.07, 6.45) is 5.12. The van der Waals surface area contributed by atoms with E-state index in [9.17, 15) is 14.7 Å². The van der Waals surface area contributed by atoms with Crippen molar-refractivity contribution in [1.82, 2.24) is 4.90 Å². The minimum Gasteiger partial charge on any atom is -0.393 e. The van der Waals surface area contributed by atoms with Crippen LogP contribution < -0.4 is 0 Å². The Morgan fingerprint density at radius 1 is 1.05 bits per heavy atom. The zero-order valence-electron chi connectivity index (χ0n) is 11.5. The number of nitrogens with zero attached hydrogens (tertiary/aromatic N) is 1. The van der Waals surface area contributed by atoms with Crippen LogP contribution in [-0.2, 0) is 9.59 Å². The summed E-state index contributed by atoms with van der Waals surface area (Å²) in [6, 6.07) is 0. The zero-order valence-corrected chi connectivity index (χ0v) is 11.5. The molecular formula is C15H23NO3. The van der Waals surface area contributed by atoms with E-state index in [1.807, 2.05) is 0 Å². The van der Waals surface area contributed by atoms with Crippen molar-refractivity contribution < 1.29 is 14.7 Å². The quantitative estimate of drug-likeness (QED) is 0.788. The average molecular weight is 265 g/mol. The van der Waals surface area contributed by atoms with Crippen LogP contribution in [0.3, 0.4) is 0 Å². The van der Waals surface area contributed by atoms with Crippen molar-refractivity contribution in [2.24, 2.45) is 23.7 Å². The Labute approximate surface area is 114 Å². The summed E-state index contributed by atoms with van der Waals surface area (Å²) >= 11 is 0. The number of imide groups is 1. The van der Waals surface area contributed by atoms with Crippen molar-refractivity contribution in [1.29, 1.82) is 0 Å². The van der Waals surface area contributed by atoms with Crippen LogP contribution in [0.15, 0.2) is 0 Å². The summed E-state index contributed by atoms with van der Waals surface area (Å²) in [5, 5.41) is 9.54. The molecule has 0 aromatic carbocycles. The Kier molecular flexibility index (Phi) is 3.37. The Balaban J connectivity index is 1.65. The maximum Gasteiger partial charge on any atom is 0.233 e. The molecule has 0 aromatic heterocycles. The van der Waals surface area contributed by atoms with Crippen LogP contribution in [0.4, 0.5) is 0 Å². The molecule has 0 aromatic rings. The van der Waals surface area contributed by atoms with Gasteiger partial charge in [-0.15, -0.1) is 0 Å². The van der Waals surface area contributed by atoms with Gasteiger partial charge in [0.05, 0.1) is 17.9 Å². The highest BCUT2D eigenvalue weighted by molar-refractivity contribution is 6.05. The first-order valence-electron chi connectivity index (χ1n) is 7.63. The van der Waals surface area contributed by atoms with E-state index in [1.54, 1.807) is 0 Å². The second kappa shape index (κ2) is 4.89. The number of carbonyl (C=O) groups excluding carboxylic acids is 2. The third-order valence-corrected chi connectivity index (χ3v) is 5.36. The number of carbonyl (C=O) groups is 2. The van der Waals surface area contributed by atoms with Crippen molar-refractivity contribution >= 4 is 11.8 Å². The smallest absolute Gasteiger partial charge is 0.233 e. The predicted octanol–water partition coefficient (Wildman–Crippen LogP) is 1.57. The molecule has 4 heteroatoms. The molecule has 3 aliphatic rings. The van der Waals surface area contributed by atoms with Crippen molar-refractivity contribution in [3.63, 3.8) is 0 Å². The van der Waals surface area contributed by atoms with Crippen molar-refractivity contribution in [2.75, 3.05) is 6.54 Å². The fourth-order valence-electron chi connectivity index (χ4n) is 4.18. The van der Waals surface area contributed by atoms with Crippen LogP contribution in [0, 0.1) is 23.7 Å². The SMILES string of the molecule is CCC1CC2C(=O)N(CC3CCC(O)C3)C(=O)C2C1. The van der Waals surface area contributed by atoms with E-state index < -0.39 is 0 Å². The second-order valence-corrected chi connectivity index (χ2v) is 6.58. The monoisotopic (exact) mass is 265 g/mol. The Bertz CT molecular complexity index is 371. The van der Waals surface area contributed by atoms with Crippen molar-refractivity contribution in [3.8, 4) is 0 Å². The Hall–Kier alpha value is -0.900. The van der Waals surface area contributed by atoms with Gasteiger partial charge in [0.25, 0.3) is 0 Å². The number of aliphatic hydroxyl groups is 1. The molecule has 2 saturated carbocycles. The molecule has 106 valence electrons. The number of fused-ring (bicyclic) bond motifs is 1. The largest absolute Gasteiger partial charge is 0.393 e. The first kappa shape index (κ1) is 13.1. The third-order valence-electron chi connectivity index (χ3n) is 5.36. The standard InChI is InChI=1S/C15H23NO3/c1-2-9-6-12-13(7-9)15(19)16(14(12)18)8-10-3-4-11(17)5-10/h9-13,17H,2-8H2,1H3. The minimum absolute atomic E-state index is 0.0382. The van der Waals surface area contributed by atoms with E-state index in [0.29, 0.717) is 18.4 Å². The second-order valence-electron chi connectivity index (χ2n) is 6.58. The zero-order chi connectivity index (χ0) is 13.6. The fraction of sp³-hybridized carbons (Fsp3) is 0.867. The van der Waals surface area contributed by atoms with Gasteiger partial charge in [-0.2, -0.15) is 0 Å². The van der Waals surface area contributed by atoms with E-state index in [2.05, 4.69) is 6.92 Å². The van der Waals surface area contributed by atoms with Gasteiger partial charge in [-0.1, -0.05) is 13.3 Å². The van der Waals surface area contributed by atoms with Crippen molar-refractivity contribution in [2.45, 2.75) is 51.6 Å². The number of hydrogen-bond donors (Lipinski definition) is 1. The Morgan fingerprint density at radius 3 is 2.16 bits per heavy atom. The van der Waals surface area contributed by atoms with E-state index in [0.717, 1.165) is 38.5 Å². The normalized spacial score (nSPS) is 42.2. The number of hydrogen-bond acceptors (Lipinski definition) is 3. The molecule has 1 aliphatic heterocycles. The highest BCUT2D eigenvalue weighted by Gasteiger charge is 2.52. The summed E-state index contributed by atoms with van der Waals surface area (Å²) in [6.45, 7) is 2.68. The van der Waals surface area contributed by atoms with Crippen molar-refractivity contribution in [3.05, 3.63) is 0 Å². The summed E-state index contributed by atoms with van der Waals surface area (Å²) in [4.78, 5) is 26.2. The lowest BCUT2D eigenvalue weighted by Crippen LogP contribution is -2.36. The predicted molar refractivity (Wildman–Crippen MR) is 70.1 cm³/mol. The fourth-order valence-corrected chi connectivity index (χ4v) is 4.18. The molecule has 2 aliphatic carbocycles. The van der Waals surface area contributed by atoms with Gasteiger partial charge in [-0.25, -0.2) is 0 Å². The molecule has 1 N–H and O–H groups in total. The maximum absolute atomic E-state index is 12.4. The molecule has 4 unspecified atom stereocenters. The van der Waals surface area contributed by atoms with Gasteiger partial charge in [0.15, 0.2) is 0 Å². The first-order chi connectivity index (χ1) is 9.10. The summed E-state index contributed by atoms with van der Waals surface area (Å²) < 4.78 is 0. The first-order valence-corrected chi connectivity index (χ1v) is 7.63. The highest BCUT2D eigenvalue weighted by Crippen LogP contribution is 2.44. The summed E-state index contributed by atoms with van der Waals surface area (Å²) in [5.41, 5.74) is 0. The van der Waals surface area contributed by atoms with Crippen LogP contribution in [0.25, 0.3) is 0 Å². The van der Waals surface area contributed by atoms with Gasteiger partial charge in [0.1, 0.15) is 0 Å². The van der Waals surface area contributed by atoms with Crippen LogP contribution in [0.2, 0.25) is 0 Å². The molecule has 3 fully saturated rings. The number of amides is 2. The lowest BCUT2D eigenvalue weighted by Gasteiger charge is -2.21. The van der Waals surface area contributed by atoms with E-state index in [4.69, 9.17) is 0 Å². The summed E-state index contributed by atoms with van der Waals surface area (Å²) in [5.74, 6) is 0.911. The number of likely N-dealkylation sites (tertiary alicyclic amines) is 1.